The smallest absolute Gasteiger partial charge is 0.170 e. The molecule has 5 rings (SSSR count). The Kier molecular flexibility index (Phi) is 6.85. The van der Waals surface area contributed by atoms with Crippen molar-refractivity contribution in [1.82, 2.24) is 20.1 Å². The fourth-order valence-electron chi connectivity index (χ4n) is 4.38. The Bertz CT molecular complexity index is 1120. The van der Waals surface area contributed by atoms with Gasteiger partial charge in [-0.25, -0.2) is 0 Å². The van der Waals surface area contributed by atoms with Crippen molar-refractivity contribution in [2.24, 2.45) is 0 Å². The van der Waals surface area contributed by atoms with Crippen LogP contribution in [0.4, 0.5) is 0 Å². The summed E-state index contributed by atoms with van der Waals surface area (Å²) in [6.07, 6.45) is 1.80. The van der Waals surface area contributed by atoms with Gasteiger partial charge in [0.15, 0.2) is 5.11 Å². The molecule has 2 aliphatic rings. The molecule has 0 spiro atoms. The molecule has 2 aromatic heterocycles. The van der Waals surface area contributed by atoms with Crippen molar-refractivity contribution in [3.63, 3.8) is 0 Å². The molecule has 2 saturated heterocycles. The Morgan fingerprint density at radius 3 is 2.67 bits per heavy atom. The molecule has 1 aromatic carbocycles. The van der Waals surface area contributed by atoms with Gasteiger partial charge in [0.1, 0.15) is 17.6 Å². The molecule has 172 valence electrons. The van der Waals surface area contributed by atoms with Gasteiger partial charge in [0, 0.05) is 37.9 Å². The van der Waals surface area contributed by atoms with Crippen LogP contribution in [-0.2, 0) is 4.74 Å². The second-order valence-electron chi connectivity index (χ2n) is 8.08. The lowest BCUT2D eigenvalue weighted by atomic mass is 10.0. The highest BCUT2D eigenvalue weighted by atomic mass is 35.5. The molecule has 2 fully saturated rings. The number of nitrogens with one attached hydrogen (secondary N) is 1. The summed E-state index contributed by atoms with van der Waals surface area (Å²) in [5.41, 5.74) is 1.68. The average Bonchev–Trinajstić information content (AvgIpc) is 3.45. The van der Waals surface area contributed by atoms with Gasteiger partial charge in [0.2, 0.25) is 0 Å². The second kappa shape index (κ2) is 9.99. The van der Waals surface area contributed by atoms with E-state index in [2.05, 4.69) is 20.1 Å². The van der Waals surface area contributed by atoms with Crippen molar-refractivity contribution in [2.45, 2.75) is 12.1 Å². The molecule has 4 heterocycles. The predicted molar refractivity (Wildman–Crippen MR) is 134 cm³/mol. The summed E-state index contributed by atoms with van der Waals surface area (Å²) in [4.78, 5) is 9.19. The monoisotopic (exact) mass is 502 g/mol. The van der Waals surface area contributed by atoms with E-state index in [1.165, 1.54) is 0 Å². The van der Waals surface area contributed by atoms with E-state index in [9.17, 15) is 0 Å². The van der Waals surface area contributed by atoms with Gasteiger partial charge in [-0.1, -0.05) is 35.3 Å². The number of morpholine rings is 1. The molecule has 2 aliphatic heterocycles. The first-order chi connectivity index (χ1) is 16.1. The number of furan rings is 1. The standard InChI is InChI=1S/C24H24Cl2N4O2S/c25-17-5-3-4-16(21(17)26)19-7-8-20(32-19)23-22(18-6-1-2-9-27-18)28-24(33)30(23)11-10-29-12-14-31-15-13-29/h1-9,22-23H,10-15H2,(H,28,33)/t22-,23-/m1/s1. The van der Waals surface area contributed by atoms with Gasteiger partial charge in [-0.15, -0.1) is 0 Å². The molecule has 0 bridgehead atoms. The summed E-state index contributed by atoms with van der Waals surface area (Å²) >= 11 is 18.4. The number of hydrogen-bond donors (Lipinski definition) is 1. The number of thiocarbonyl (C=S) groups is 1. The van der Waals surface area contributed by atoms with Gasteiger partial charge in [-0.3, -0.25) is 9.88 Å². The van der Waals surface area contributed by atoms with Crippen LogP contribution in [0.5, 0.6) is 0 Å². The fourth-order valence-corrected chi connectivity index (χ4v) is 5.11. The van der Waals surface area contributed by atoms with Crippen LogP contribution in [0.3, 0.4) is 0 Å². The summed E-state index contributed by atoms with van der Waals surface area (Å²) < 4.78 is 11.8. The lowest BCUT2D eigenvalue weighted by Gasteiger charge is -2.31. The van der Waals surface area contributed by atoms with Crippen LogP contribution in [0.1, 0.15) is 23.5 Å². The zero-order valence-corrected chi connectivity index (χ0v) is 20.2. The van der Waals surface area contributed by atoms with E-state index in [1.54, 1.807) is 12.3 Å². The maximum Gasteiger partial charge on any atom is 0.170 e. The summed E-state index contributed by atoms with van der Waals surface area (Å²) in [5.74, 6) is 1.47. The molecule has 0 unspecified atom stereocenters. The molecular weight excluding hydrogens is 479 g/mol. The Labute approximate surface area is 208 Å². The number of benzene rings is 1. The van der Waals surface area contributed by atoms with Gasteiger partial charge in [0.05, 0.1) is 35.0 Å². The van der Waals surface area contributed by atoms with Crippen LogP contribution in [0, 0.1) is 0 Å². The number of pyridine rings is 1. The maximum atomic E-state index is 6.45. The maximum absolute atomic E-state index is 6.45. The second-order valence-corrected chi connectivity index (χ2v) is 9.25. The Hall–Kier alpha value is -2.16. The van der Waals surface area contributed by atoms with Crippen molar-refractivity contribution in [3.05, 3.63) is 76.2 Å². The van der Waals surface area contributed by atoms with E-state index in [1.807, 2.05) is 42.5 Å². The van der Waals surface area contributed by atoms with Crippen LogP contribution in [0.2, 0.25) is 10.0 Å². The van der Waals surface area contributed by atoms with Crippen molar-refractivity contribution in [2.75, 3.05) is 39.4 Å². The highest BCUT2D eigenvalue weighted by molar-refractivity contribution is 7.80. The molecule has 9 heteroatoms. The van der Waals surface area contributed by atoms with Crippen LogP contribution in [0.25, 0.3) is 11.3 Å². The van der Waals surface area contributed by atoms with Crippen molar-refractivity contribution >= 4 is 40.5 Å². The van der Waals surface area contributed by atoms with E-state index in [4.69, 9.17) is 44.6 Å². The molecule has 1 N–H and O–H groups in total. The van der Waals surface area contributed by atoms with Crippen LogP contribution < -0.4 is 5.32 Å². The zero-order valence-electron chi connectivity index (χ0n) is 17.9. The van der Waals surface area contributed by atoms with Crippen molar-refractivity contribution in [3.8, 4) is 11.3 Å². The first-order valence-corrected chi connectivity index (χ1v) is 12.1. The molecule has 0 saturated carbocycles. The third kappa shape index (κ3) is 4.74. The minimum absolute atomic E-state index is 0.128. The molecular formula is C24H24Cl2N4O2S. The fraction of sp³-hybridized carbons (Fsp3) is 0.333. The van der Waals surface area contributed by atoms with Crippen molar-refractivity contribution < 1.29 is 9.15 Å². The highest BCUT2D eigenvalue weighted by Gasteiger charge is 2.41. The summed E-state index contributed by atoms with van der Waals surface area (Å²) in [6.45, 7) is 5.06. The van der Waals surface area contributed by atoms with E-state index in [0.29, 0.717) is 20.9 Å². The lowest BCUT2D eigenvalue weighted by Crippen LogP contribution is -2.42. The first-order valence-electron chi connectivity index (χ1n) is 10.9. The third-order valence-electron chi connectivity index (χ3n) is 6.09. The molecule has 33 heavy (non-hydrogen) atoms. The van der Waals surface area contributed by atoms with Gasteiger partial charge in [-0.2, -0.15) is 0 Å². The summed E-state index contributed by atoms with van der Waals surface area (Å²) in [7, 11) is 0. The molecule has 2 atom stereocenters. The average molecular weight is 503 g/mol. The zero-order chi connectivity index (χ0) is 22.8. The van der Waals surface area contributed by atoms with Crippen LogP contribution >= 0.6 is 35.4 Å². The first kappa shape index (κ1) is 22.6. The van der Waals surface area contributed by atoms with E-state index >= 15 is 0 Å². The van der Waals surface area contributed by atoms with E-state index in [0.717, 1.165) is 56.4 Å². The SMILES string of the molecule is S=C1N[C@H](c2ccccn2)[C@@H](c2ccc(-c3cccc(Cl)c3Cl)o2)N1CCN1CCOCC1. The predicted octanol–water partition coefficient (Wildman–Crippen LogP) is 4.95. The van der Waals surface area contributed by atoms with Gasteiger partial charge >= 0.3 is 0 Å². The van der Waals surface area contributed by atoms with Crippen molar-refractivity contribution in [1.29, 1.82) is 0 Å². The quantitative estimate of drug-likeness (QED) is 0.478. The minimum atomic E-state index is -0.139. The Balaban J connectivity index is 1.46. The Morgan fingerprint density at radius 1 is 1.03 bits per heavy atom. The number of hydrogen-bond acceptors (Lipinski definition) is 5. The summed E-state index contributed by atoms with van der Waals surface area (Å²) in [6, 6.07) is 15.1. The number of ether oxygens (including phenoxy) is 1. The van der Waals surface area contributed by atoms with Crippen LogP contribution in [-0.4, -0.2) is 59.3 Å². The normalized spacial score (nSPS) is 21.4. The number of halogens is 2. The lowest BCUT2D eigenvalue weighted by molar-refractivity contribution is 0.0347. The number of aromatic nitrogens is 1. The van der Waals surface area contributed by atoms with E-state index in [-0.39, 0.29) is 12.1 Å². The van der Waals surface area contributed by atoms with Gasteiger partial charge in [-0.05, 0) is 48.6 Å². The largest absolute Gasteiger partial charge is 0.459 e. The molecule has 0 amide bonds. The molecule has 6 nitrogen and oxygen atoms in total. The molecule has 0 radical (unpaired) electrons. The number of rotatable bonds is 6. The topological polar surface area (TPSA) is 53.8 Å². The molecule has 3 aromatic rings. The summed E-state index contributed by atoms with van der Waals surface area (Å²) in [5, 5.41) is 5.14. The molecule has 0 aliphatic carbocycles. The third-order valence-corrected chi connectivity index (χ3v) is 7.27. The Morgan fingerprint density at radius 2 is 1.88 bits per heavy atom. The number of nitrogens with zero attached hydrogens (tertiary/aromatic N) is 3. The van der Waals surface area contributed by atoms with E-state index < -0.39 is 0 Å². The van der Waals surface area contributed by atoms with Gasteiger partial charge < -0.3 is 19.4 Å². The minimum Gasteiger partial charge on any atom is -0.459 e. The van der Waals surface area contributed by atoms with Crippen LogP contribution in [0.15, 0.2) is 59.1 Å². The van der Waals surface area contributed by atoms with Gasteiger partial charge in [0.25, 0.3) is 0 Å². The highest BCUT2D eigenvalue weighted by Crippen LogP contribution is 2.41.